The first kappa shape index (κ1) is 15.7. The number of carbonyl (C=O) groups excluding carboxylic acids is 1. The number of nitrogens with zero attached hydrogens (tertiary/aromatic N) is 3. The highest BCUT2D eigenvalue weighted by molar-refractivity contribution is 6.32. The fourth-order valence-corrected chi connectivity index (χ4v) is 2.12. The van der Waals surface area contributed by atoms with Crippen LogP contribution in [0.5, 0.6) is 0 Å². The quantitative estimate of drug-likeness (QED) is 0.865. The van der Waals surface area contributed by atoms with E-state index in [9.17, 15) is 22.4 Å². The molecule has 2 aromatic heterocycles. The van der Waals surface area contributed by atoms with Crippen LogP contribution in [0.1, 0.15) is 18.4 Å². The van der Waals surface area contributed by atoms with Crippen molar-refractivity contribution >= 4 is 23.3 Å². The number of rotatable bonds is 3. The maximum atomic E-state index is 13.7. The Kier molecular flexibility index (Phi) is 3.55. The second kappa shape index (κ2) is 5.19. The van der Waals surface area contributed by atoms with Crippen molar-refractivity contribution in [3.63, 3.8) is 0 Å². The molecule has 10 heteroatoms. The SMILES string of the molecule is O=C(Nc1ccnn1-c1ncc(C(F)(F)F)cc1Cl)C1(F)CC1. The second-order valence-electron chi connectivity index (χ2n) is 5.07. The number of carbonyl (C=O) groups is 1. The van der Waals surface area contributed by atoms with E-state index in [0.29, 0.717) is 12.3 Å². The second-order valence-corrected chi connectivity index (χ2v) is 5.48. The number of halogens is 5. The lowest BCUT2D eigenvalue weighted by Crippen LogP contribution is -2.26. The van der Waals surface area contributed by atoms with Crippen LogP contribution in [0, 0.1) is 0 Å². The predicted octanol–water partition coefficient (Wildman–Crippen LogP) is 3.38. The average Bonchev–Trinajstić information content (AvgIpc) is 3.06. The van der Waals surface area contributed by atoms with Crippen LogP contribution in [0.3, 0.4) is 0 Å². The summed E-state index contributed by atoms with van der Waals surface area (Å²) in [6.07, 6.45) is -2.43. The summed E-state index contributed by atoms with van der Waals surface area (Å²) < 4.78 is 52.5. The zero-order valence-electron chi connectivity index (χ0n) is 11.4. The average molecular weight is 349 g/mol. The summed E-state index contributed by atoms with van der Waals surface area (Å²) in [5.41, 5.74) is -2.91. The number of amides is 1. The van der Waals surface area contributed by atoms with Gasteiger partial charge in [0.05, 0.1) is 16.8 Å². The van der Waals surface area contributed by atoms with E-state index in [-0.39, 0.29) is 29.5 Å². The van der Waals surface area contributed by atoms with Crippen LogP contribution < -0.4 is 5.32 Å². The smallest absolute Gasteiger partial charge is 0.308 e. The number of anilines is 1. The number of hydrogen-bond donors (Lipinski definition) is 1. The molecule has 0 spiro atoms. The van der Waals surface area contributed by atoms with Gasteiger partial charge in [0.2, 0.25) is 0 Å². The van der Waals surface area contributed by atoms with E-state index in [1.165, 1.54) is 12.3 Å². The summed E-state index contributed by atoms with van der Waals surface area (Å²) >= 11 is 5.83. The number of pyridine rings is 1. The highest BCUT2D eigenvalue weighted by atomic mass is 35.5. The monoisotopic (exact) mass is 348 g/mol. The van der Waals surface area contributed by atoms with Crippen molar-refractivity contribution < 1.29 is 22.4 Å². The van der Waals surface area contributed by atoms with Gasteiger partial charge in [-0.15, -0.1) is 0 Å². The van der Waals surface area contributed by atoms with Crippen molar-refractivity contribution in [2.45, 2.75) is 24.7 Å². The fraction of sp³-hybridized carbons (Fsp3) is 0.308. The maximum absolute atomic E-state index is 13.7. The van der Waals surface area contributed by atoms with E-state index in [1.807, 2.05) is 0 Å². The minimum absolute atomic E-state index is 0.0630. The van der Waals surface area contributed by atoms with Crippen LogP contribution in [-0.4, -0.2) is 26.3 Å². The first-order valence-corrected chi connectivity index (χ1v) is 6.86. The minimum atomic E-state index is -4.58. The number of hydrogen-bond acceptors (Lipinski definition) is 3. The molecule has 0 radical (unpaired) electrons. The minimum Gasteiger partial charge on any atom is -0.308 e. The van der Waals surface area contributed by atoms with Crippen LogP contribution in [0.4, 0.5) is 23.4 Å². The molecule has 0 unspecified atom stereocenters. The third-order valence-corrected chi connectivity index (χ3v) is 3.61. The predicted molar refractivity (Wildman–Crippen MR) is 73.1 cm³/mol. The molecule has 1 saturated carbocycles. The molecular weight excluding hydrogens is 340 g/mol. The molecule has 5 nitrogen and oxygen atoms in total. The number of alkyl halides is 4. The Hall–Kier alpha value is -2.16. The molecule has 23 heavy (non-hydrogen) atoms. The van der Waals surface area contributed by atoms with E-state index in [1.54, 1.807) is 0 Å². The van der Waals surface area contributed by atoms with Crippen molar-refractivity contribution in [2.75, 3.05) is 5.32 Å². The molecular formula is C13H9ClF4N4O. The van der Waals surface area contributed by atoms with Gasteiger partial charge in [-0.05, 0) is 18.9 Å². The Morgan fingerprint density at radius 2 is 2.09 bits per heavy atom. The lowest BCUT2D eigenvalue weighted by atomic mass is 10.3. The van der Waals surface area contributed by atoms with Gasteiger partial charge in [-0.1, -0.05) is 11.6 Å². The Bertz CT molecular complexity index is 770. The molecule has 0 aromatic carbocycles. The van der Waals surface area contributed by atoms with E-state index in [2.05, 4.69) is 15.4 Å². The van der Waals surface area contributed by atoms with E-state index in [0.717, 1.165) is 4.68 Å². The van der Waals surface area contributed by atoms with Crippen LogP contribution >= 0.6 is 11.6 Å². The molecule has 2 heterocycles. The zero-order valence-corrected chi connectivity index (χ0v) is 12.1. The largest absolute Gasteiger partial charge is 0.417 e. The van der Waals surface area contributed by atoms with Gasteiger partial charge < -0.3 is 5.32 Å². The molecule has 0 aliphatic heterocycles. The molecule has 1 fully saturated rings. The van der Waals surface area contributed by atoms with Gasteiger partial charge >= 0.3 is 6.18 Å². The number of nitrogens with one attached hydrogen (secondary N) is 1. The molecule has 1 aliphatic rings. The number of aromatic nitrogens is 3. The van der Waals surface area contributed by atoms with Crippen molar-refractivity contribution in [3.05, 3.63) is 35.1 Å². The molecule has 122 valence electrons. The molecule has 2 aromatic rings. The first-order valence-electron chi connectivity index (χ1n) is 6.48. The Morgan fingerprint density at radius 1 is 1.39 bits per heavy atom. The van der Waals surface area contributed by atoms with Crippen LogP contribution in [0.15, 0.2) is 24.5 Å². The van der Waals surface area contributed by atoms with Gasteiger partial charge in [0.25, 0.3) is 5.91 Å². The Labute approximate surface area is 132 Å². The van der Waals surface area contributed by atoms with E-state index < -0.39 is 23.3 Å². The van der Waals surface area contributed by atoms with Crippen LogP contribution in [0.2, 0.25) is 5.02 Å². The van der Waals surface area contributed by atoms with Gasteiger partial charge in [0, 0.05) is 12.3 Å². The van der Waals surface area contributed by atoms with Gasteiger partial charge in [-0.25, -0.2) is 9.37 Å². The van der Waals surface area contributed by atoms with Crippen LogP contribution in [0.25, 0.3) is 5.82 Å². The highest BCUT2D eigenvalue weighted by Crippen LogP contribution is 2.40. The molecule has 3 rings (SSSR count). The topological polar surface area (TPSA) is 59.8 Å². The summed E-state index contributed by atoms with van der Waals surface area (Å²) in [7, 11) is 0. The van der Waals surface area contributed by atoms with Crippen molar-refractivity contribution in [3.8, 4) is 5.82 Å². The van der Waals surface area contributed by atoms with Crippen molar-refractivity contribution in [2.24, 2.45) is 0 Å². The molecule has 1 aliphatic carbocycles. The third kappa shape index (κ3) is 3.00. The third-order valence-electron chi connectivity index (χ3n) is 3.33. The van der Waals surface area contributed by atoms with Gasteiger partial charge in [-0.3, -0.25) is 4.79 Å². The summed E-state index contributed by atoms with van der Waals surface area (Å²) in [6, 6.07) is 2.06. The standard InChI is InChI=1S/C13H9ClF4N4O/c14-8-5-7(13(16,17)18)6-19-10(8)22-9(1-4-20-22)21-11(23)12(15)2-3-12/h1,4-6H,2-3H2,(H,21,23). The molecule has 0 saturated heterocycles. The molecule has 1 amide bonds. The maximum Gasteiger partial charge on any atom is 0.417 e. The van der Waals surface area contributed by atoms with E-state index >= 15 is 0 Å². The lowest BCUT2D eigenvalue weighted by Gasteiger charge is -2.12. The van der Waals surface area contributed by atoms with Crippen molar-refractivity contribution in [1.29, 1.82) is 0 Å². The summed E-state index contributed by atoms with van der Waals surface area (Å²) in [5.74, 6) is -0.876. The lowest BCUT2D eigenvalue weighted by molar-refractivity contribution is -0.137. The highest BCUT2D eigenvalue weighted by Gasteiger charge is 2.51. The van der Waals surface area contributed by atoms with E-state index in [4.69, 9.17) is 11.6 Å². The normalized spacial score (nSPS) is 16.2. The summed E-state index contributed by atoms with van der Waals surface area (Å²) in [6.45, 7) is 0. The van der Waals surface area contributed by atoms with Crippen molar-refractivity contribution in [1.82, 2.24) is 14.8 Å². The molecule has 0 atom stereocenters. The summed E-state index contributed by atoms with van der Waals surface area (Å²) in [5, 5.41) is 5.87. The first-order chi connectivity index (χ1) is 10.7. The molecule has 0 bridgehead atoms. The Balaban J connectivity index is 1.91. The molecule has 1 N–H and O–H groups in total. The fourth-order valence-electron chi connectivity index (χ4n) is 1.87. The Morgan fingerprint density at radius 3 is 2.65 bits per heavy atom. The summed E-state index contributed by atoms with van der Waals surface area (Å²) in [4.78, 5) is 15.4. The van der Waals surface area contributed by atoms with Gasteiger partial charge in [0.15, 0.2) is 11.5 Å². The van der Waals surface area contributed by atoms with Gasteiger partial charge in [-0.2, -0.15) is 23.0 Å². The zero-order chi connectivity index (χ0) is 16.8. The van der Waals surface area contributed by atoms with Crippen LogP contribution in [-0.2, 0) is 11.0 Å². The van der Waals surface area contributed by atoms with Gasteiger partial charge in [0.1, 0.15) is 5.82 Å².